The number of sulfonamides is 1. The first kappa shape index (κ1) is 16.1. The highest BCUT2D eigenvalue weighted by Gasteiger charge is 2.37. The summed E-state index contributed by atoms with van der Waals surface area (Å²) < 4.78 is 30.0. The molecule has 0 spiro atoms. The fraction of sp³-hybridized carbons (Fsp3) is 0.167. The molecule has 25 heavy (non-hydrogen) atoms. The van der Waals surface area contributed by atoms with Crippen LogP contribution in [-0.2, 0) is 10.0 Å². The van der Waals surface area contributed by atoms with Crippen LogP contribution in [0.15, 0.2) is 65.0 Å². The molecule has 128 valence electrons. The van der Waals surface area contributed by atoms with E-state index in [1.807, 2.05) is 49.6 Å². The molecule has 0 amide bonds. The van der Waals surface area contributed by atoms with Crippen LogP contribution >= 0.6 is 11.3 Å². The van der Waals surface area contributed by atoms with Crippen LogP contribution in [0.25, 0.3) is 5.70 Å². The maximum Gasteiger partial charge on any atom is 0.266 e. The van der Waals surface area contributed by atoms with Gasteiger partial charge in [0.1, 0.15) is 11.9 Å². The molecule has 5 nitrogen and oxygen atoms in total. The minimum Gasteiger partial charge on any atom is -0.237 e. The van der Waals surface area contributed by atoms with Gasteiger partial charge in [-0.05, 0) is 43.5 Å². The molecule has 1 aromatic carbocycles. The van der Waals surface area contributed by atoms with Gasteiger partial charge in [-0.2, -0.15) is 5.10 Å². The SMILES string of the molecule is CC1=CC(c2cccs2)N(S(=O)(=O)c2ccc(C)cc2)c2ccnn21. The summed E-state index contributed by atoms with van der Waals surface area (Å²) in [4.78, 5) is 1.25. The van der Waals surface area contributed by atoms with Crippen LogP contribution in [0, 0.1) is 6.92 Å². The summed E-state index contributed by atoms with van der Waals surface area (Å²) in [6, 6.07) is 12.2. The van der Waals surface area contributed by atoms with E-state index < -0.39 is 10.0 Å². The van der Waals surface area contributed by atoms with Gasteiger partial charge in [0.2, 0.25) is 0 Å². The van der Waals surface area contributed by atoms with Crippen LogP contribution in [-0.4, -0.2) is 18.2 Å². The Kier molecular flexibility index (Phi) is 3.77. The van der Waals surface area contributed by atoms with Gasteiger partial charge in [0.15, 0.2) is 0 Å². The number of aryl methyl sites for hydroxylation is 1. The number of thiophene rings is 1. The van der Waals surface area contributed by atoms with Crippen LogP contribution < -0.4 is 4.31 Å². The molecule has 1 unspecified atom stereocenters. The number of fused-ring (bicyclic) bond motifs is 1. The summed E-state index contributed by atoms with van der Waals surface area (Å²) >= 11 is 1.55. The van der Waals surface area contributed by atoms with Crippen molar-refractivity contribution in [1.29, 1.82) is 0 Å². The van der Waals surface area contributed by atoms with Crippen LogP contribution in [0.3, 0.4) is 0 Å². The third-order valence-electron chi connectivity index (χ3n) is 4.25. The van der Waals surface area contributed by atoms with Crippen LogP contribution in [0.4, 0.5) is 5.82 Å². The molecule has 2 aromatic heterocycles. The average Bonchev–Trinajstić information content (AvgIpc) is 3.26. The Hall–Kier alpha value is -2.38. The summed E-state index contributed by atoms with van der Waals surface area (Å²) in [5, 5.41) is 6.23. The number of rotatable bonds is 3. The van der Waals surface area contributed by atoms with Crippen molar-refractivity contribution in [2.45, 2.75) is 24.8 Å². The zero-order chi connectivity index (χ0) is 17.6. The number of anilines is 1. The van der Waals surface area contributed by atoms with E-state index in [0.717, 1.165) is 16.1 Å². The van der Waals surface area contributed by atoms with Crippen molar-refractivity contribution in [3.63, 3.8) is 0 Å². The molecule has 0 saturated carbocycles. The maximum atomic E-state index is 13.4. The summed E-state index contributed by atoms with van der Waals surface area (Å²) in [5.41, 5.74) is 1.93. The normalized spacial score (nSPS) is 17.3. The highest BCUT2D eigenvalue weighted by molar-refractivity contribution is 7.92. The Bertz CT molecular complexity index is 1030. The number of hydrogen-bond donors (Lipinski definition) is 0. The summed E-state index contributed by atoms with van der Waals surface area (Å²) in [6.07, 6.45) is 3.57. The molecule has 1 aliphatic heterocycles. The first-order chi connectivity index (χ1) is 12.0. The highest BCUT2D eigenvalue weighted by Crippen LogP contribution is 2.40. The summed E-state index contributed by atoms with van der Waals surface area (Å²) in [6.45, 7) is 3.87. The van der Waals surface area contributed by atoms with Gasteiger partial charge in [0.25, 0.3) is 10.0 Å². The Labute approximate surface area is 150 Å². The molecule has 4 rings (SSSR count). The van der Waals surface area contributed by atoms with Crippen molar-refractivity contribution in [3.8, 4) is 0 Å². The number of hydrogen-bond acceptors (Lipinski definition) is 4. The zero-order valence-corrected chi connectivity index (χ0v) is 15.5. The largest absolute Gasteiger partial charge is 0.266 e. The van der Waals surface area contributed by atoms with Gasteiger partial charge in [-0.1, -0.05) is 23.8 Å². The molecule has 1 aliphatic rings. The van der Waals surface area contributed by atoms with Crippen LogP contribution in [0.1, 0.15) is 23.4 Å². The van der Waals surface area contributed by atoms with E-state index in [1.165, 1.54) is 4.31 Å². The first-order valence-corrected chi connectivity index (χ1v) is 10.2. The number of nitrogens with zero attached hydrogens (tertiary/aromatic N) is 3. The van der Waals surface area contributed by atoms with Crippen molar-refractivity contribution >= 4 is 32.9 Å². The maximum absolute atomic E-state index is 13.4. The minimum atomic E-state index is -3.73. The van der Waals surface area contributed by atoms with Crippen LogP contribution in [0.5, 0.6) is 0 Å². The predicted octanol–water partition coefficient (Wildman–Crippen LogP) is 4.06. The molecule has 0 saturated heterocycles. The van der Waals surface area contributed by atoms with Gasteiger partial charge in [-0.25, -0.2) is 17.4 Å². The van der Waals surface area contributed by atoms with E-state index in [0.29, 0.717) is 5.82 Å². The van der Waals surface area contributed by atoms with Crippen molar-refractivity contribution in [2.75, 3.05) is 4.31 Å². The Morgan fingerprint density at radius 1 is 1.08 bits per heavy atom. The third kappa shape index (κ3) is 2.60. The zero-order valence-electron chi connectivity index (χ0n) is 13.8. The Morgan fingerprint density at radius 2 is 1.84 bits per heavy atom. The summed E-state index contributed by atoms with van der Waals surface area (Å²) in [7, 11) is -3.73. The third-order valence-corrected chi connectivity index (χ3v) is 6.99. The lowest BCUT2D eigenvalue weighted by molar-refractivity contribution is 0.583. The van der Waals surface area contributed by atoms with Gasteiger partial charge in [0, 0.05) is 16.6 Å². The molecule has 0 N–H and O–H groups in total. The second-order valence-corrected chi connectivity index (χ2v) is 8.78. The molecule has 3 heterocycles. The molecular weight excluding hydrogens is 354 g/mol. The Morgan fingerprint density at radius 3 is 2.52 bits per heavy atom. The van der Waals surface area contributed by atoms with Crippen molar-refractivity contribution in [3.05, 3.63) is 70.6 Å². The highest BCUT2D eigenvalue weighted by atomic mass is 32.2. The molecule has 1 atom stereocenters. The molecular formula is C18H17N3O2S2. The van der Waals surface area contributed by atoms with Gasteiger partial charge in [-0.15, -0.1) is 11.3 Å². The van der Waals surface area contributed by atoms with Gasteiger partial charge < -0.3 is 0 Å². The Balaban J connectivity index is 1.91. The van der Waals surface area contributed by atoms with E-state index in [4.69, 9.17) is 0 Å². The fourth-order valence-corrected chi connectivity index (χ4v) is 5.41. The van der Waals surface area contributed by atoms with Gasteiger partial charge in [-0.3, -0.25) is 0 Å². The second-order valence-electron chi connectivity index (χ2n) is 5.98. The topological polar surface area (TPSA) is 55.2 Å². The molecule has 7 heteroatoms. The van der Waals surface area contributed by atoms with E-state index in [2.05, 4.69) is 5.10 Å². The fourth-order valence-electron chi connectivity index (χ4n) is 3.00. The lowest BCUT2D eigenvalue weighted by atomic mass is 10.2. The van der Waals surface area contributed by atoms with Crippen molar-refractivity contribution in [2.24, 2.45) is 0 Å². The lowest BCUT2D eigenvalue weighted by Crippen LogP contribution is -2.37. The van der Waals surface area contributed by atoms with Gasteiger partial charge in [0.05, 0.1) is 11.1 Å². The minimum absolute atomic E-state index is 0.278. The smallest absolute Gasteiger partial charge is 0.237 e. The van der Waals surface area contributed by atoms with E-state index in [9.17, 15) is 8.42 Å². The number of aromatic nitrogens is 2. The molecule has 0 fully saturated rings. The second kappa shape index (κ2) is 5.86. The van der Waals surface area contributed by atoms with Crippen molar-refractivity contribution < 1.29 is 8.42 Å². The van der Waals surface area contributed by atoms with E-state index in [1.54, 1.807) is 40.4 Å². The summed E-state index contributed by atoms with van der Waals surface area (Å²) in [5.74, 6) is 0.555. The standard InChI is InChI=1S/C18H17N3O2S2/c1-13-5-7-15(8-6-13)25(22,23)21-16(17-4-3-11-24-17)12-14(2)20-18(21)9-10-19-20/h3-12,16H,1-2H3. The van der Waals surface area contributed by atoms with E-state index >= 15 is 0 Å². The molecule has 0 radical (unpaired) electrons. The average molecular weight is 371 g/mol. The first-order valence-electron chi connectivity index (χ1n) is 7.86. The molecule has 3 aromatic rings. The lowest BCUT2D eigenvalue weighted by Gasteiger charge is -2.34. The number of allylic oxidation sites excluding steroid dienone is 1. The van der Waals surface area contributed by atoms with Crippen molar-refractivity contribution in [1.82, 2.24) is 9.78 Å². The predicted molar refractivity (Wildman–Crippen MR) is 100 cm³/mol. The monoisotopic (exact) mass is 371 g/mol. The van der Waals surface area contributed by atoms with Crippen LogP contribution in [0.2, 0.25) is 0 Å². The molecule has 0 bridgehead atoms. The molecule has 0 aliphatic carbocycles. The van der Waals surface area contributed by atoms with E-state index in [-0.39, 0.29) is 10.9 Å². The quantitative estimate of drug-likeness (QED) is 0.697. The number of benzene rings is 1. The van der Waals surface area contributed by atoms with Gasteiger partial charge >= 0.3 is 0 Å².